The van der Waals surface area contributed by atoms with Crippen LogP contribution in [0, 0.1) is 0 Å². The smallest absolute Gasteiger partial charge is 0.374 e. The molecule has 0 radical (unpaired) electrons. The summed E-state index contributed by atoms with van der Waals surface area (Å²) in [5, 5.41) is 3.56. The van der Waals surface area contributed by atoms with E-state index in [1.807, 2.05) is 12.1 Å². The maximum absolute atomic E-state index is 12.6. The molecule has 3 aromatic rings. The van der Waals surface area contributed by atoms with Crippen molar-refractivity contribution in [2.24, 2.45) is 0 Å². The number of benzene rings is 2. The Bertz CT molecular complexity index is 1010. The zero-order valence-electron chi connectivity index (χ0n) is 16.5. The number of fused-ring (bicyclic) bond motifs is 1. The molecule has 0 aliphatic heterocycles. The number of hydrogen-bond acceptors (Lipinski definition) is 5. The Morgan fingerprint density at radius 2 is 1.73 bits per heavy atom. The van der Waals surface area contributed by atoms with E-state index in [0.717, 1.165) is 5.69 Å². The van der Waals surface area contributed by atoms with E-state index in [9.17, 15) is 9.59 Å². The minimum Gasteiger partial charge on any atom is -0.460 e. The highest BCUT2D eigenvalue weighted by Gasteiger charge is 2.14. The molecule has 0 aliphatic rings. The molecule has 8 heteroatoms. The fourth-order valence-corrected chi connectivity index (χ4v) is 3.43. The van der Waals surface area contributed by atoms with Crippen LogP contribution in [0.3, 0.4) is 0 Å². The van der Waals surface area contributed by atoms with Crippen molar-refractivity contribution in [3.05, 3.63) is 59.9 Å². The van der Waals surface area contributed by atoms with Gasteiger partial charge in [-0.3, -0.25) is 4.79 Å². The molecule has 0 atom stereocenters. The van der Waals surface area contributed by atoms with Gasteiger partial charge in [-0.15, -0.1) is 23.2 Å². The normalized spacial score (nSPS) is 10.8. The summed E-state index contributed by atoms with van der Waals surface area (Å²) in [5.74, 6) is 0.360. The fraction of sp³-hybridized carbons (Fsp3) is 0.273. The number of anilines is 2. The van der Waals surface area contributed by atoms with Crippen LogP contribution in [-0.2, 0) is 4.74 Å². The highest BCUT2D eigenvalue weighted by Crippen LogP contribution is 2.24. The molecule has 0 unspecified atom stereocenters. The second-order valence-corrected chi connectivity index (χ2v) is 7.21. The number of alkyl halides is 2. The van der Waals surface area contributed by atoms with Gasteiger partial charge in [0.05, 0.1) is 6.61 Å². The van der Waals surface area contributed by atoms with Crippen LogP contribution in [0.5, 0.6) is 0 Å². The van der Waals surface area contributed by atoms with Crippen molar-refractivity contribution in [3.8, 4) is 0 Å². The third-order valence-corrected chi connectivity index (χ3v) is 4.79. The van der Waals surface area contributed by atoms with E-state index >= 15 is 0 Å². The lowest BCUT2D eigenvalue weighted by molar-refractivity contribution is 0.0492. The highest BCUT2D eigenvalue weighted by atomic mass is 35.5. The second kappa shape index (κ2) is 10.4. The zero-order chi connectivity index (χ0) is 21.5. The Labute approximate surface area is 184 Å². The molecular weight excluding hydrogens is 427 g/mol. The van der Waals surface area contributed by atoms with Gasteiger partial charge in [0.2, 0.25) is 5.76 Å². The first-order valence-corrected chi connectivity index (χ1v) is 10.6. The molecule has 3 rings (SSSR count). The average molecular weight is 449 g/mol. The summed E-state index contributed by atoms with van der Waals surface area (Å²) < 4.78 is 10.4. The van der Waals surface area contributed by atoms with Gasteiger partial charge in [0, 0.05) is 47.2 Å². The molecule has 30 heavy (non-hydrogen) atoms. The number of carbonyl (C=O) groups is 2. The molecule has 1 N–H and O–H groups in total. The van der Waals surface area contributed by atoms with Crippen LogP contribution in [-0.4, -0.2) is 43.3 Å². The summed E-state index contributed by atoms with van der Waals surface area (Å²) in [5.41, 5.74) is 2.62. The molecule has 0 fully saturated rings. The molecule has 6 nitrogen and oxygen atoms in total. The summed E-state index contributed by atoms with van der Waals surface area (Å²) in [7, 11) is 0. The Morgan fingerprint density at radius 1 is 1.03 bits per heavy atom. The maximum atomic E-state index is 12.6. The van der Waals surface area contributed by atoms with Gasteiger partial charge in [-0.25, -0.2) is 4.79 Å². The zero-order valence-corrected chi connectivity index (χ0v) is 18.0. The molecule has 0 bridgehead atoms. The molecule has 2 aromatic carbocycles. The number of esters is 1. The van der Waals surface area contributed by atoms with E-state index in [2.05, 4.69) is 10.2 Å². The Morgan fingerprint density at radius 3 is 2.37 bits per heavy atom. The summed E-state index contributed by atoms with van der Waals surface area (Å²) in [4.78, 5) is 26.5. The predicted octanol–water partition coefficient (Wildman–Crippen LogP) is 5.15. The minimum atomic E-state index is -0.517. The Kier molecular flexibility index (Phi) is 7.60. The van der Waals surface area contributed by atoms with Crippen LogP contribution in [0.25, 0.3) is 11.0 Å². The first-order chi connectivity index (χ1) is 14.5. The van der Waals surface area contributed by atoms with Crippen LogP contribution < -0.4 is 10.2 Å². The molecule has 1 heterocycles. The Hall–Kier alpha value is -2.70. The maximum Gasteiger partial charge on any atom is 0.374 e. The van der Waals surface area contributed by atoms with Gasteiger partial charge in [-0.2, -0.15) is 0 Å². The van der Waals surface area contributed by atoms with Crippen LogP contribution in [0.4, 0.5) is 11.4 Å². The van der Waals surface area contributed by atoms with Crippen molar-refractivity contribution in [1.82, 2.24) is 0 Å². The average Bonchev–Trinajstić information content (AvgIpc) is 3.17. The van der Waals surface area contributed by atoms with Crippen molar-refractivity contribution in [2.75, 3.05) is 41.7 Å². The van der Waals surface area contributed by atoms with E-state index < -0.39 is 5.97 Å². The van der Waals surface area contributed by atoms with Crippen LogP contribution in [0.1, 0.15) is 27.8 Å². The van der Waals surface area contributed by atoms with Gasteiger partial charge in [0.25, 0.3) is 5.91 Å². The minimum absolute atomic E-state index is 0.129. The third-order valence-electron chi connectivity index (χ3n) is 4.45. The van der Waals surface area contributed by atoms with Crippen molar-refractivity contribution < 1.29 is 18.7 Å². The molecular formula is C22H22Cl2N2O4. The highest BCUT2D eigenvalue weighted by molar-refractivity contribution is 6.18. The van der Waals surface area contributed by atoms with Crippen LogP contribution in [0.15, 0.2) is 52.9 Å². The lowest BCUT2D eigenvalue weighted by Gasteiger charge is -2.22. The summed E-state index contributed by atoms with van der Waals surface area (Å²) >= 11 is 11.7. The van der Waals surface area contributed by atoms with Gasteiger partial charge in [-0.1, -0.05) is 0 Å². The molecule has 0 spiro atoms. The molecule has 1 amide bonds. The van der Waals surface area contributed by atoms with Gasteiger partial charge in [-0.05, 0) is 55.5 Å². The number of ether oxygens (including phenoxy) is 1. The predicted molar refractivity (Wildman–Crippen MR) is 120 cm³/mol. The lowest BCUT2D eigenvalue weighted by Crippen LogP contribution is -2.27. The van der Waals surface area contributed by atoms with Crippen LogP contribution in [0.2, 0.25) is 0 Å². The van der Waals surface area contributed by atoms with E-state index in [-0.39, 0.29) is 18.3 Å². The van der Waals surface area contributed by atoms with Gasteiger partial charge in [0.1, 0.15) is 5.58 Å². The summed E-state index contributed by atoms with van der Waals surface area (Å²) in [6.45, 7) is 3.36. The second-order valence-electron chi connectivity index (χ2n) is 6.45. The van der Waals surface area contributed by atoms with E-state index in [4.69, 9.17) is 32.4 Å². The third kappa shape index (κ3) is 5.26. The van der Waals surface area contributed by atoms with Crippen molar-refractivity contribution in [3.63, 3.8) is 0 Å². The van der Waals surface area contributed by atoms with Gasteiger partial charge < -0.3 is 19.4 Å². The molecule has 0 saturated heterocycles. The monoisotopic (exact) mass is 448 g/mol. The molecule has 158 valence electrons. The number of carbonyl (C=O) groups excluding carboxylic acids is 2. The van der Waals surface area contributed by atoms with E-state index in [0.29, 0.717) is 47.1 Å². The molecule has 0 aliphatic carbocycles. The topological polar surface area (TPSA) is 71.8 Å². The largest absolute Gasteiger partial charge is 0.460 e. The number of nitrogens with one attached hydrogen (secondary N) is 1. The first-order valence-electron chi connectivity index (χ1n) is 9.54. The number of furan rings is 1. The van der Waals surface area contributed by atoms with E-state index in [1.54, 1.807) is 43.3 Å². The summed E-state index contributed by atoms with van der Waals surface area (Å²) in [6.07, 6.45) is 0. The van der Waals surface area contributed by atoms with Crippen LogP contribution >= 0.6 is 23.2 Å². The number of rotatable bonds is 9. The fourth-order valence-electron chi connectivity index (χ4n) is 3.02. The number of nitrogens with zero attached hydrogens (tertiary/aromatic N) is 1. The summed E-state index contributed by atoms with van der Waals surface area (Å²) in [6, 6.07) is 14.0. The van der Waals surface area contributed by atoms with Gasteiger partial charge >= 0.3 is 5.97 Å². The number of amides is 1. The molecule has 1 aromatic heterocycles. The van der Waals surface area contributed by atoms with Crippen molar-refractivity contribution in [2.45, 2.75) is 6.92 Å². The van der Waals surface area contributed by atoms with Crippen molar-refractivity contribution >= 4 is 57.4 Å². The number of hydrogen-bond donors (Lipinski definition) is 1. The molecule has 0 saturated carbocycles. The standard InChI is InChI=1S/C22H22Cl2N2O4/c1-2-29-22(28)20-14-16-13-17(5-8-19(16)30-20)25-21(27)15-3-6-18(7-4-15)26(11-9-23)12-10-24/h3-8,13-14H,2,9-12H2,1H3,(H,25,27). The van der Waals surface area contributed by atoms with Gasteiger partial charge in [0.15, 0.2) is 0 Å². The number of halogens is 2. The lowest BCUT2D eigenvalue weighted by atomic mass is 10.1. The quantitative estimate of drug-likeness (QED) is 0.362. The first kappa shape index (κ1) is 22.0. The SMILES string of the molecule is CCOC(=O)c1cc2cc(NC(=O)c3ccc(N(CCCl)CCCl)cc3)ccc2o1. The van der Waals surface area contributed by atoms with Crippen molar-refractivity contribution in [1.29, 1.82) is 0 Å². The van der Waals surface area contributed by atoms with E-state index in [1.165, 1.54) is 0 Å². The Balaban J connectivity index is 1.72.